The first kappa shape index (κ1) is 19.1. The van der Waals surface area contributed by atoms with Gasteiger partial charge in [-0.1, -0.05) is 19.1 Å². The Bertz CT molecular complexity index is 828. The summed E-state index contributed by atoms with van der Waals surface area (Å²) in [4.78, 5) is 12.6. The maximum absolute atomic E-state index is 12.4. The monoisotopic (exact) mass is 360 g/mol. The lowest BCUT2D eigenvalue weighted by Gasteiger charge is -2.10. The Hall–Kier alpha value is -2.18. The van der Waals surface area contributed by atoms with Gasteiger partial charge in [-0.2, -0.15) is 0 Å². The fourth-order valence-electron chi connectivity index (χ4n) is 2.30. The molecule has 2 aromatic carbocycles. The Morgan fingerprint density at radius 3 is 2.36 bits per heavy atom. The maximum atomic E-state index is 12.4. The lowest BCUT2D eigenvalue weighted by Crippen LogP contribution is -2.15. The molecule has 25 heavy (non-hydrogen) atoms. The molecule has 1 amide bonds. The van der Waals surface area contributed by atoms with Gasteiger partial charge in [-0.25, -0.2) is 8.42 Å². The third-order valence-electron chi connectivity index (χ3n) is 3.83. The van der Waals surface area contributed by atoms with E-state index in [9.17, 15) is 13.2 Å². The Kier molecular flexibility index (Phi) is 6.33. The van der Waals surface area contributed by atoms with E-state index in [1.54, 1.807) is 13.8 Å². The standard InChI is InChI=1S/C19H24N2O3S/c1-4-20-13-15-6-5-7-17(12-15)21-19(22)16-8-10-18(11-9-16)25(23,24)14(2)3/h5-12,14,20H,4,13H2,1-3H3,(H,21,22). The second-order valence-electron chi connectivity index (χ2n) is 6.05. The van der Waals surface area contributed by atoms with Crippen LogP contribution in [0.1, 0.15) is 36.7 Å². The normalized spacial score (nSPS) is 11.5. The number of carbonyl (C=O) groups is 1. The molecule has 0 spiro atoms. The average molecular weight is 360 g/mol. The minimum Gasteiger partial charge on any atom is -0.322 e. The summed E-state index contributed by atoms with van der Waals surface area (Å²) in [6.45, 7) is 6.92. The van der Waals surface area contributed by atoms with Crippen molar-refractivity contribution in [3.63, 3.8) is 0 Å². The topological polar surface area (TPSA) is 75.3 Å². The van der Waals surface area contributed by atoms with Crippen molar-refractivity contribution in [3.8, 4) is 0 Å². The van der Waals surface area contributed by atoms with Gasteiger partial charge in [0.1, 0.15) is 0 Å². The fourth-order valence-corrected chi connectivity index (χ4v) is 3.36. The molecule has 0 aliphatic rings. The van der Waals surface area contributed by atoms with Gasteiger partial charge in [0.2, 0.25) is 0 Å². The molecule has 2 aromatic rings. The predicted octanol–water partition coefficient (Wildman–Crippen LogP) is 3.23. The van der Waals surface area contributed by atoms with Crippen LogP contribution in [0, 0.1) is 0 Å². The molecule has 5 nitrogen and oxygen atoms in total. The highest BCUT2D eigenvalue weighted by molar-refractivity contribution is 7.92. The molecule has 0 saturated carbocycles. The number of rotatable bonds is 7. The van der Waals surface area contributed by atoms with Gasteiger partial charge in [0.15, 0.2) is 9.84 Å². The van der Waals surface area contributed by atoms with Crippen molar-refractivity contribution in [1.29, 1.82) is 0 Å². The van der Waals surface area contributed by atoms with E-state index in [1.165, 1.54) is 24.3 Å². The zero-order valence-electron chi connectivity index (χ0n) is 14.7. The number of hydrogen-bond donors (Lipinski definition) is 2. The van der Waals surface area contributed by atoms with E-state index < -0.39 is 15.1 Å². The van der Waals surface area contributed by atoms with E-state index in [0.29, 0.717) is 11.3 Å². The maximum Gasteiger partial charge on any atom is 0.255 e. The van der Waals surface area contributed by atoms with E-state index in [1.807, 2.05) is 31.2 Å². The Balaban J connectivity index is 2.11. The van der Waals surface area contributed by atoms with Crippen molar-refractivity contribution in [2.24, 2.45) is 0 Å². The number of carbonyl (C=O) groups excluding carboxylic acids is 1. The summed E-state index contributed by atoms with van der Waals surface area (Å²) >= 11 is 0. The second-order valence-corrected chi connectivity index (χ2v) is 8.56. The van der Waals surface area contributed by atoms with Crippen LogP contribution >= 0.6 is 0 Å². The van der Waals surface area contributed by atoms with Gasteiger partial charge < -0.3 is 10.6 Å². The highest BCUT2D eigenvalue weighted by Crippen LogP contribution is 2.18. The largest absolute Gasteiger partial charge is 0.322 e. The van der Waals surface area contributed by atoms with Gasteiger partial charge >= 0.3 is 0 Å². The third kappa shape index (κ3) is 4.90. The summed E-state index contributed by atoms with van der Waals surface area (Å²) in [6, 6.07) is 13.6. The summed E-state index contributed by atoms with van der Waals surface area (Å²) in [5, 5.41) is 5.58. The number of benzene rings is 2. The van der Waals surface area contributed by atoms with Gasteiger partial charge in [0.05, 0.1) is 10.1 Å². The molecule has 0 heterocycles. The molecule has 0 aliphatic heterocycles. The molecular weight excluding hydrogens is 336 g/mol. The molecule has 134 valence electrons. The first-order valence-electron chi connectivity index (χ1n) is 8.29. The van der Waals surface area contributed by atoms with Crippen molar-refractivity contribution in [2.75, 3.05) is 11.9 Å². The smallest absolute Gasteiger partial charge is 0.255 e. The lowest BCUT2D eigenvalue weighted by molar-refractivity contribution is 0.102. The molecule has 2 N–H and O–H groups in total. The summed E-state index contributed by atoms with van der Waals surface area (Å²) in [6.07, 6.45) is 0. The summed E-state index contributed by atoms with van der Waals surface area (Å²) < 4.78 is 24.2. The Morgan fingerprint density at radius 2 is 1.76 bits per heavy atom. The summed E-state index contributed by atoms with van der Waals surface area (Å²) in [7, 11) is -3.33. The number of sulfone groups is 1. The molecule has 6 heteroatoms. The number of amides is 1. The highest BCUT2D eigenvalue weighted by atomic mass is 32.2. The Morgan fingerprint density at radius 1 is 1.08 bits per heavy atom. The van der Waals surface area contributed by atoms with Crippen molar-refractivity contribution in [2.45, 2.75) is 37.5 Å². The number of nitrogens with one attached hydrogen (secondary N) is 2. The molecule has 0 atom stereocenters. The summed E-state index contributed by atoms with van der Waals surface area (Å²) in [5.41, 5.74) is 2.21. The Labute approximate surface area is 149 Å². The van der Waals surface area contributed by atoms with E-state index in [4.69, 9.17) is 0 Å². The van der Waals surface area contributed by atoms with E-state index in [2.05, 4.69) is 10.6 Å². The van der Waals surface area contributed by atoms with Gasteiger partial charge in [-0.3, -0.25) is 4.79 Å². The SMILES string of the molecule is CCNCc1cccc(NC(=O)c2ccc(S(=O)(=O)C(C)C)cc2)c1. The van der Waals surface area contributed by atoms with Crippen molar-refractivity contribution in [1.82, 2.24) is 5.32 Å². The molecule has 2 rings (SSSR count). The zero-order valence-corrected chi connectivity index (χ0v) is 15.6. The second kappa shape index (κ2) is 8.27. The van der Waals surface area contributed by atoms with Crippen molar-refractivity contribution < 1.29 is 13.2 Å². The van der Waals surface area contributed by atoms with Crippen LogP contribution in [-0.4, -0.2) is 26.1 Å². The van der Waals surface area contributed by atoms with Crippen LogP contribution in [0.2, 0.25) is 0 Å². The molecule has 0 bridgehead atoms. The van der Waals surface area contributed by atoms with Crippen LogP contribution in [-0.2, 0) is 16.4 Å². The molecule has 0 fully saturated rings. The molecule has 0 saturated heterocycles. The minimum atomic E-state index is -3.33. The number of hydrogen-bond acceptors (Lipinski definition) is 4. The molecule has 0 aliphatic carbocycles. The first-order chi connectivity index (χ1) is 11.8. The van der Waals surface area contributed by atoms with Crippen LogP contribution in [0.3, 0.4) is 0 Å². The van der Waals surface area contributed by atoms with Crippen LogP contribution in [0.4, 0.5) is 5.69 Å². The van der Waals surface area contributed by atoms with E-state index >= 15 is 0 Å². The quantitative estimate of drug-likeness (QED) is 0.795. The van der Waals surface area contributed by atoms with Crippen LogP contribution in [0.5, 0.6) is 0 Å². The van der Waals surface area contributed by atoms with E-state index in [0.717, 1.165) is 18.7 Å². The van der Waals surface area contributed by atoms with Crippen LogP contribution < -0.4 is 10.6 Å². The minimum absolute atomic E-state index is 0.228. The predicted molar refractivity (Wildman–Crippen MR) is 101 cm³/mol. The summed E-state index contributed by atoms with van der Waals surface area (Å²) in [5.74, 6) is -0.269. The first-order valence-corrected chi connectivity index (χ1v) is 9.84. The van der Waals surface area contributed by atoms with E-state index in [-0.39, 0.29) is 10.8 Å². The van der Waals surface area contributed by atoms with Gasteiger partial charge in [0, 0.05) is 17.8 Å². The fraction of sp³-hybridized carbons (Fsp3) is 0.316. The van der Waals surface area contributed by atoms with Crippen LogP contribution in [0.15, 0.2) is 53.4 Å². The number of anilines is 1. The zero-order chi connectivity index (χ0) is 18.4. The average Bonchev–Trinajstić information content (AvgIpc) is 2.60. The molecule has 0 radical (unpaired) electrons. The lowest BCUT2D eigenvalue weighted by atomic mass is 10.1. The van der Waals surface area contributed by atoms with Gasteiger partial charge in [-0.05, 0) is 62.4 Å². The van der Waals surface area contributed by atoms with Crippen LogP contribution in [0.25, 0.3) is 0 Å². The van der Waals surface area contributed by atoms with Crippen molar-refractivity contribution in [3.05, 3.63) is 59.7 Å². The molecular formula is C19H24N2O3S. The van der Waals surface area contributed by atoms with Crippen molar-refractivity contribution >= 4 is 21.4 Å². The highest BCUT2D eigenvalue weighted by Gasteiger charge is 2.19. The molecule has 0 aromatic heterocycles. The van der Waals surface area contributed by atoms with Gasteiger partial charge in [-0.15, -0.1) is 0 Å². The van der Waals surface area contributed by atoms with Gasteiger partial charge in [0.25, 0.3) is 5.91 Å². The molecule has 0 unspecified atom stereocenters. The third-order valence-corrected chi connectivity index (χ3v) is 6.00.